The van der Waals surface area contributed by atoms with E-state index in [4.69, 9.17) is 0 Å². The predicted octanol–water partition coefficient (Wildman–Crippen LogP) is 2.04. The van der Waals surface area contributed by atoms with Crippen LogP contribution in [-0.4, -0.2) is 23.8 Å². The van der Waals surface area contributed by atoms with Crippen LogP contribution in [0.4, 0.5) is 4.39 Å². The highest BCUT2D eigenvalue weighted by molar-refractivity contribution is 5.26. The van der Waals surface area contributed by atoms with Crippen molar-refractivity contribution in [1.82, 2.24) is 5.32 Å². The summed E-state index contributed by atoms with van der Waals surface area (Å²) in [6, 6.07) is 4.85. The molecule has 3 heteroatoms. The van der Waals surface area contributed by atoms with Gasteiger partial charge in [-0.1, -0.05) is 6.07 Å². The predicted molar refractivity (Wildman–Crippen MR) is 64.0 cm³/mol. The third kappa shape index (κ3) is 4.73. The molecule has 0 aliphatic rings. The largest absolute Gasteiger partial charge is 0.389 e. The molecule has 0 fully saturated rings. The summed E-state index contributed by atoms with van der Waals surface area (Å²) in [5.41, 5.74) is 1.44. The lowest BCUT2D eigenvalue weighted by Gasteiger charge is -2.17. The van der Waals surface area contributed by atoms with Gasteiger partial charge in [0.2, 0.25) is 0 Å². The molecule has 0 atom stereocenters. The fraction of sp³-hybridized carbons (Fsp3) is 0.538. The van der Waals surface area contributed by atoms with Crippen LogP contribution >= 0.6 is 0 Å². The fourth-order valence-corrected chi connectivity index (χ4v) is 1.56. The van der Waals surface area contributed by atoms with E-state index in [1.807, 2.05) is 13.0 Å². The van der Waals surface area contributed by atoms with E-state index in [-0.39, 0.29) is 5.82 Å². The minimum atomic E-state index is -0.683. The summed E-state index contributed by atoms with van der Waals surface area (Å²) >= 11 is 0. The standard InChI is InChI=1S/C13H20FNO/c1-10-8-12(14)5-4-11(10)6-7-15-9-13(2,3)16/h4-5,8,15-16H,6-7,9H2,1-3H3. The Morgan fingerprint density at radius 2 is 2.06 bits per heavy atom. The molecule has 0 spiro atoms. The molecule has 1 aromatic rings. The Kier molecular flexibility index (Phi) is 4.44. The number of hydrogen-bond donors (Lipinski definition) is 2. The van der Waals surface area contributed by atoms with E-state index in [1.165, 1.54) is 6.07 Å². The first-order chi connectivity index (χ1) is 7.38. The van der Waals surface area contributed by atoms with Crippen molar-refractivity contribution < 1.29 is 9.50 Å². The van der Waals surface area contributed by atoms with Crippen LogP contribution in [0.25, 0.3) is 0 Å². The maximum absolute atomic E-state index is 12.8. The Morgan fingerprint density at radius 1 is 1.38 bits per heavy atom. The number of rotatable bonds is 5. The van der Waals surface area contributed by atoms with E-state index in [2.05, 4.69) is 5.32 Å². The Bertz CT molecular complexity index is 344. The van der Waals surface area contributed by atoms with Crippen molar-refractivity contribution in [3.63, 3.8) is 0 Å². The first-order valence-corrected chi connectivity index (χ1v) is 5.56. The molecule has 0 aromatic heterocycles. The molecule has 0 radical (unpaired) electrons. The zero-order valence-electron chi connectivity index (χ0n) is 10.2. The van der Waals surface area contributed by atoms with Gasteiger partial charge in [0.15, 0.2) is 0 Å². The van der Waals surface area contributed by atoms with Gasteiger partial charge in [0.05, 0.1) is 5.60 Å². The summed E-state index contributed by atoms with van der Waals surface area (Å²) in [6.45, 7) is 6.80. The second kappa shape index (κ2) is 5.41. The van der Waals surface area contributed by atoms with Gasteiger partial charge >= 0.3 is 0 Å². The van der Waals surface area contributed by atoms with Crippen molar-refractivity contribution in [1.29, 1.82) is 0 Å². The molecule has 16 heavy (non-hydrogen) atoms. The van der Waals surface area contributed by atoms with Crippen LogP contribution in [0.1, 0.15) is 25.0 Å². The van der Waals surface area contributed by atoms with Crippen LogP contribution in [-0.2, 0) is 6.42 Å². The van der Waals surface area contributed by atoms with Crippen molar-refractivity contribution in [3.05, 3.63) is 35.1 Å². The maximum atomic E-state index is 12.8. The van der Waals surface area contributed by atoms with E-state index in [0.717, 1.165) is 24.1 Å². The molecule has 0 bridgehead atoms. The quantitative estimate of drug-likeness (QED) is 0.752. The van der Waals surface area contributed by atoms with Gasteiger partial charge in [-0.05, 0) is 57.0 Å². The lowest BCUT2D eigenvalue weighted by molar-refractivity contribution is 0.0801. The Hall–Kier alpha value is -0.930. The van der Waals surface area contributed by atoms with Crippen LogP contribution in [0.2, 0.25) is 0 Å². The normalized spacial score (nSPS) is 11.8. The fourth-order valence-electron chi connectivity index (χ4n) is 1.56. The van der Waals surface area contributed by atoms with E-state index < -0.39 is 5.60 Å². The average molecular weight is 225 g/mol. The summed E-state index contributed by atoms with van der Waals surface area (Å²) in [5.74, 6) is -0.189. The molecular formula is C13H20FNO. The van der Waals surface area contributed by atoms with Gasteiger partial charge in [-0.3, -0.25) is 0 Å². The molecule has 0 saturated carbocycles. The SMILES string of the molecule is Cc1cc(F)ccc1CCNCC(C)(C)O. The van der Waals surface area contributed by atoms with Crippen LogP contribution in [0.5, 0.6) is 0 Å². The van der Waals surface area contributed by atoms with Gasteiger partial charge in [-0.2, -0.15) is 0 Å². The summed E-state index contributed by atoms with van der Waals surface area (Å²) in [4.78, 5) is 0. The number of hydrogen-bond acceptors (Lipinski definition) is 2. The molecule has 1 rings (SSSR count). The maximum Gasteiger partial charge on any atom is 0.123 e. The minimum absolute atomic E-state index is 0.189. The lowest BCUT2D eigenvalue weighted by Crippen LogP contribution is -2.35. The first-order valence-electron chi connectivity index (χ1n) is 5.56. The van der Waals surface area contributed by atoms with Gasteiger partial charge < -0.3 is 10.4 Å². The van der Waals surface area contributed by atoms with Gasteiger partial charge in [-0.25, -0.2) is 4.39 Å². The first kappa shape index (κ1) is 13.1. The number of aliphatic hydroxyl groups is 1. The molecule has 0 saturated heterocycles. The zero-order valence-corrected chi connectivity index (χ0v) is 10.2. The highest BCUT2D eigenvalue weighted by Crippen LogP contribution is 2.10. The van der Waals surface area contributed by atoms with Crippen LogP contribution in [0.3, 0.4) is 0 Å². The molecule has 0 aliphatic carbocycles. The third-order valence-corrected chi connectivity index (χ3v) is 2.43. The van der Waals surface area contributed by atoms with E-state index >= 15 is 0 Å². The Balaban J connectivity index is 2.38. The van der Waals surface area contributed by atoms with Crippen LogP contribution < -0.4 is 5.32 Å². The second-order valence-corrected chi connectivity index (χ2v) is 4.81. The van der Waals surface area contributed by atoms with Crippen molar-refractivity contribution in [2.75, 3.05) is 13.1 Å². The van der Waals surface area contributed by atoms with Gasteiger partial charge in [-0.15, -0.1) is 0 Å². The van der Waals surface area contributed by atoms with Crippen molar-refractivity contribution in [2.45, 2.75) is 32.8 Å². The monoisotopic (exact) mass is 225 g/mol. The average Bonchev–Trinajstić information content (AvgIpc) is 2.13. The summed E-state index contributed by atoms with van der Waals surface area (Å²) in [7, 11) is 0. The molecule has 0 amide bonds. The molecule has 0 aliphatic heterocycles. The smallest absolute Gasteiger partial charge is 0.123 e. The Morgan fingerprint density at radius 3 is 2.62 bits per heavy atom. The molecule has 2 nitrogen and oxygen atoms in total. The van der Waals surface area contributed by atoms with Gasteiger partial charge in [0.25, 0.3) is 0 Å². The number of nitrogens with one attached hydrogen (secondary N) is 1. The van der Waals surface area contributed by atoms with Crippen molar-refractivity contribution in [2.24, 2.45) is 0 Å². The topological polar surface area (TPSA) is 32.3 Å². The Labute approximate surface area is 96.5 Å². The van der Waals surface area contributed by atoms with Crippen LogP contribution in [0, 0.1) is 12.7 Å². The van der Waals surface area contributed by atoms with E-state index in [1.54, 1.807) is 19.9 Å². The zero-order chi connectivity index (χ0) is 12.2. The number of benzene rings is 1. The number of halogens is 1. The third-order valence-electron chi connectivity index (χ3n) is 2.43. The van der Waals surface area contributed by atoms with Gasteiger partial charge in [0, 0.05) is 6.54 Å². The second-order valence-electron chi connectivity index (χ2n) is 4.81. The molecular weight excluding hydrogens is 205 g/mol. The van der Waals surface area contributed by atoms with Gasteiger partial charge in [0.1, 0.15) is 5.82 Å². The van der Waals surface area contributed by atoms with E-state index in [9.17, 15) is 9.50 Å². The summed E-state index contributed by atoms with van der Waals surface area (Å²) in [6.07, 6.45) is 0.849. The molecule has 0 heterocycles. The highest BCUT2D eigenvalue weighted by Gasteiger charge is 2.10. The van der Waals surface area contributed by atoms with Crippen LogP contribution in [0.15, 0.2) is 18.2 Å². The summed E-state index contributed by atoms with van der Waals surface area (Å²) < 4.78 is 12.8. The molecule has 1 aromatic carbocycles. The molecule has 0 unspecified atom stereocenters. The highest BCUT2D eigenvalue weighted by atomic mass is 19.1. The lowest BCUT2D eigenvalue weighted by atomic mass is 10.1. The number of aryl methyl sites for hydroxylation is 1. The van der Waals surface area contributed by atoms with E-state index in [0.29, 0.717) is 6.54 Å². The van der Waals surface area contributed by atoms with Crippen molar-refractivity contribution in [3.8, 4) is 0 Å². The molecule has 2 N–H and O–H groups in total. The van der Waals surface area contributed by atoms with Crippen molar-refractivity contribution >= 4 is 0 Å². The minimum Gasteiger partial charge on any atom is -0.389 e. The molecule has 90 valence electrons. The summed E-state index contributed by atoms with van der Waals surface area (Å²) in [5, 5.41) is 12.7.